The third-order valence-electron chi connectivity index (χ3n) is 5.02. The highest BCUT2D eigenvalue weighted by Crippen LogP contribution is 2.29. The number of amides is 2. The molecule has 0 aliphatic carbocycles. The van der Waals surface area contributed by atoms with E-state index in [-0.39, 0.29) is 25.0 Å². The van der Waals surface area contributed by atoms with Crippen LogP contribution in [0.2, 0.25) is 0 Å². The van der Waals surface area contributed by atoms with Crippen molar-refractivity contribution in [3.8, 4) is 0 Å². The number of carbonyl (C=O) groups is 2. The summed E-state index contributed by atoms with van der Waals surface area (Å²) in [6.45, 7) is 0.536. The van der Waals surface area contributed by atoms with E-state index in [9.17, 15) is 22.8 Å². The lowest BCUT2D eigenvalue weighted by Gasteiger charge is -2.13. The van der Waals surface area contributed by atoms with Crippen molar-refractivity contribution >= 4 is 17.5 Å². The van der Waals surface area contributed by atoms with Crippen LogP contribution < -0.4 is 0 Å². The minimum absolute atomic E-state index is 0.0137. The summed E-state index contributed by atoms with van der Waals surface area (Å²) in [5, 5.41) is 4.09. The van der Waals surface area contributed by atoms with Crippen molar-refractivity contribution in [3.05, 3.63) is 70.8 Å². The first-order valence-electron chi connectivity index (χ1n) is 10.1. The lowest BCUT2D eigenvalue weighted by Crippen LogP contribution is -2.32. The Balaban J connectivity index is 1.64. The SMILES string of the molecule is COCCCC/C(=N\OCCN1C(=O)c2ccccc2C1=O)c1ccc(C(F)(F)F)cc1. The molecule has 32 heavy (non-hydrogen) atoms. The highest BCUT2D eigenvalue weighted by molar-refractivity contribution is 6.21. The van der Waals surface area contributed by atoms with Gasteiger partial charge in [-0.1, -0.05) is 29.4 Å². The molecule has 0 fully saturated rings. The number of nitrogens with zero attached hydrogens (tertiary/aromatic N) is 2. The molecule has 0 saturated carbocycles. The molecule has 9 heteroatoms. The molecule has 170 valence electrons. The van der Waals surface area contributed by atoms with E-state index in [2.05, 4.69) is 5.16 Å². The van der Waals surface area contributed by atoms with Crippen LogP contribution in [0.5, 0.6) is 0 Å². The van der Waals surface area contributed by atoms with Crippen LogP contribution in [-0.2, 0) is 15.8 Å². The number of fused-ring (bicyclic) bond motifs is 1. The molecule has 6 nitrogen and oxygen atoms in total. The maximum absolute atomic E-state index is 12.8. The van der Waals surface area contributed by atoms with Crippen molar-refractivity contribution < 1.29 is 32.3 Å². The molecule has 0 bridgehead atoms. The summed E-state index contributed by atoms with van der Waals surface area (Å²) in [6, 6.07) is 11.3. The zero-order valence-corrected chi connectivity index (χ0v) is 17.5. The largest absolute Gasteiger partial charge is 0.416 e. The molecule has 2 amide bonds. The first kappa shape index (κ1) is 23.5. The number of rotatable bonds is 10. The highest BCUT2D eigenvalue weighted by Gasteiger charge is 2.34. The Morgan fingerprint density at radius 1 is 0.938 bits per heavy atom. The van der Waals surface area contributed by atoms with Crippen LogP contribution >= 0.6 is 0 Å². The van der Waals surface area contributed by atoms with E-state index in [1.165, 1.54) is 12.1 Å². The van der Waals surface area contributed by atoms with E-state index in [1.807, 2.05) is 0 Å². The van der Waals surface area contributed by atoms with E-state index in [4.69, 9.17) is 9.57 Å². The van der Waals surface area contributed by atoms with Gasteiger partial charge in [-0.25, -0.2) is 0 Å². The topological polar surface area (TPSA) is 68.2 Å². The molecular weight excluding hydrogens is 425 g/mol. The van der Waals surface area contributed by atoms with Gasteiger partial charge >= 0.3 is 6.18 Å². The van der Waals surface area contributed by atoms with Crippen LogP contribution in [0.3, 0.4) is 0 Å². The average molecular weight is 448 g/mol. The monoisotopic (exact) mass is 448 g/mol. The molecule has 0 atom stereocenters. The van der Waals surface area contributed by atoms with E-state index in [1.54, 1.807) is 31.4 Å². The number of carbonyl (C=O) groups excluding carboxylic acids is 2. The predicted octanol–water partition coefficient (Wildman–Crippen LogP) is 4.54. The van der Waals surface area contributed by atoms with Crippen molar-refractivity contribution in [2.75, 3.05) is 26.9 Å². The second kappa shape index (κ2) is 10.4. The molecule has 0 radical (unpaired) electrons. The summed E-state index contributed by atoms with van der Waals surface area (Å²) in [6.07, 6.45) is -2.49. The van der Waals surface area contributed by atoms with Crippen LogP contribution in [0.25, 0.3) is 0 Å². The predicted molar refractivity (Wildman–Crippen MR) is 111 cm³/mol. The van der Waals surface area contributed by atoms with Gasteiger partial charge in [0.25, 0.3) is 11.8 Å². The van der Waals surface area contributed by atoms with Gasteiger partial charge in [0.05, 0.1) is 28.9 Å². The van der Waals surface area contributed by atoms with E-state index < -0.39 is 11.7 Å². The zero-order valence-electron chi connectivity index (χ0n) is 17.5. The number of imide groups is 1. The van der Waals surface area contributed by atoms with Crippen LogP contribution in [0, 0.1) is 0 Å². The number of benzene rings is 2. The van der Waals surface area contributed by atoms with Gasteiger partial charge < -0.3 is 9.57 Å². The molecule has 0 aromatic heterocycles. The van der Waals surface area contributed by atoms with Crippen LogP contribution in [0.15, 0.2) is 53.7 Å². The number of methoxy groups -OCH3 is 1. The maximum Gasteiger partial charge on any atom is 0.416 e. The van der Waals surface area contributed by atoms with Gasteiger partial charge in [0.15, 0.2) is 0 Å². The van der Waals surface area contributed by atoms with Crippen molar-refractivity contribution in [1.82, 2.24) is 4.90 Å². The van der Waals surface area contributed by atoms with Gasteiger partial charge in [-0.05, 0) is 49.1 Å². The van der Waals surface area contributed by atoms with Gasteiger partial charge in [-0.15, -0.1) is 0 Å². The Morgan fingerprint density at radius 3 is 2.12 bits per heavy atom. The molecule has 2 aromatic rings. The smallest absolute Gasteiger partial charge is 0.394 e. The van der Waals surface area contributed by atoms with Gasteiger partial charge in [-0.2, -0.15) is 13.2 Å². The minimum Gasteiger partial charge on any atom is -0.394 e. The summed E-state index contributed by atoms with van der Waals surface area (Å²) < 4.78 is 43.5. The van der Waals surface area contributed by atoms with Crippen LogP contribution in [-0.4, -0.2) is 49.3 Å². The minimum atomic E-state index is -4.42. The van der Waals surface area contributed by atoms with E-state index in [0.717, 1.165) is 23.5 Å². The molecule has 2 aromatic carbocycles. The van der Waals surface area contributed by atoms with Crippen LogP contribution in [0.4, 0.5) is 13.2 Å². The normalized spacial score (nSPS) is 14.1. The number of ether oxygens (including phenoxy) is 1. The fourth-order valence-electron chi connectivity index (χ4n) is 3.33. The lowest BCUT2D eigenvalue weighted by atomic mass is 10.0. The fourth-order valence-corrected chi connectivity index (χ4v) is 3.33. The van der Waals surface area contributed by atoms with Crippen LogP contribution in [0.1, 0.15) is 51.1 Å². The van der Waals surface area contributed by atoms with Crippen molar-refractivity contribution in [1.29, 1.82) is 0 Å². The summed E-state index contributed by atoms with van der Waals surface area (Å²) in [7, 11) is 1.59. The molecule has 1 heterocycles. The summed E-state index contributed by atoms with van der Waals surface area (Å²) in [4.78, 5) is 31.2. The summed E-state index contributed by atoms with van der Waals surface area (Å²) in [5.41, 5.74) is 0.953. The standard InChI is InChI=1S/C23H23F3N2O4/c1-31-14-5-4-8-20(16-9-11-17(12-10-16)23(24,25)26)27-32-15-13-28-21(29)18-6-2-3-7-19(18)22(28)30/h2-3,6-7,9-12H,4-5,8,13-15H2,1H3/b27-20+. The number of hydrogen-bond donors (Lipinski definition) is 0. The number of unbranched alkanes of at least 4 members (excludes halogenated alkanes) is 1. The third kappa shape index (κ3) is 5.53. The Bertz CT molecular complexity index is 952. The zero-order chi connectivity index (χ0) is 23.1. The highest BCUT2D eigenvalue weighted by atomic mass is 19.4. The van der Waals surface area contributed by atoms with Gasteiger partial charge in [-0.3, -0.25) is 14.5 Å². The van der Waals surface area contributed by atoms with Gasteiger partial charge in [0.1, 0.15) is 6.61 Å². The number of oxime groups is 1. The molecule has 1 aliphatic heterocycles. The van der Waals surface area contributed by atoms with E-state index in [0.29, 0.717) is 41.9 Å². The average Bonchev–Trinajstić information content (AvgIpc) is 3.02. The summed E-state index contributed by atoms with van der Waals surface area (Å²) in [5.74, 6) is -0.776. The maximum atomic E-state index is 12.8. The first-order valence-corrected chi connectivity index (χ1v) is 10.1. The van der Waals surface area contributed by atoms with Crippen molar-refractivity contribution in [2.24, 2.45) is 5.16 Å². The van der Waals surface area contributed by atoms with E-state index >= 15 is 0 Å². The second-order valence-electron chi connectivity index (χ2n) is 7.20. The molecule has 0 spiro atoms. The molecule has 0 saturated heterocycles. The third-order valence-corrected chi connectivity index (χ3v) is 5.02. The van der Waals surface area contributed by atoms with Crippen molar-refractivity contribution in [3.63, 3.8) is 0 Å². The first-order chi connectivity index (χ1) is 15.3. The van der Waals surface area contributed by atoms with Gasteiger partial charge in [0.2, 0.25) is 0 Å². The molecule has 1 aliphatic rings. The lowest BCUT2D eigenvalue weighted by molar-refractivity contribution is -0.137. The number of alkyl halides is 3. The van der Waals surface area contributed by atoms with Gasteiger partial charge in [0, 0.05) is 13.7 Å². The second-order valence-corrected chi connectivity index (χ2v) is 7.20. The Kier molecular flexibility index (Phi) is 7.63. The Labute approximate surface area is 183 Å². The Morgan fingerprint density at radius 2 is 1.56 bits per heavy atom. The fraction of sp³-hybridized carbons (Fsp3) is 0.348. The number of hydrogen-bond acceptors (Lipinski definition) is 5. The molecule has 3 rings (SSSR count). The quantitative estimate of drug-likeness (QED) is 0.232. The number of halogens is 3. The Hall–Kier alpha value is -3.20. The van der Waals surface area contributed by atoms with Crippen molar-refractivity contribution in [2.45, 2.75) is 25.4 Å². The summed E-state index contributed by atoms with van der Waals surface area (Å²) >= 11 is 0. The molecule has 0 unspecified atom stereocenters. The molecular formula is C23H23F3N2O4. The molecule has 0 N–H and O–H groups in total.